The number of hydrogen-bond acceptors (Lipinski definition) is 3. The van der Waals surface area contributed by atoms with Gasteiger partial charge in [-0.15, -0.1) is 0 Å². The third-order valence-electron chi connectivity index (χ3n) is 2.63. The lowest BCUT2D eigenvalue weighted by Crippen LogP contribution is -2.43. The molecule has 0 aliphatic carbocycles. The van der Waals surface area contributed by atoms with Crippen molar-refractivity contribution < 1.29 is 19.1 Å². The Kier molecular flexibility index (Phi) is 6.49. The SMILES string of the molecule is CCCC(CC(=O)O)NC(=O)NCCc1ccco1. The number of hydrogen-bond donors (Lipinski definition) is 3. The van der Waals surface area contributed by atoms with E-state index in [1.807, 2.05) is 13.0 Å². The fourth-order valence-corrected chi connectivity index (χ4v) is 1.77. The van der Waals surface area contributed by atoms with E-state index in [0.717, 1.165) is 12.2 Å². The molecule has 19 heavy (non-hydrogen) atoms. The van der Waals surface area contributed by atoms with Gasteiger partial charge >= 0.3 is 12.0 Å². The predicted molar refractivity (Wildman–Crippen MR) is 69.9 cm³/mol. The van der Waals surface area contributed by atoms with E-state index in [9.17, 15) is 9.59 Å². The van der Waals surface area contributed by atoms with Crippen LogP contribution >= 0.6 is 0 Å². The van der Waals surface area contributed by atoms with Crippen LogP contribution in [0.1, 0.15) is 31.9 Å². The fourth-order valence-electron chi connectivity index (χ4n) is 1.77. The Hall–Kier alpha value is -1.98. The maximum Gasteiger partial charge on any atom is 0.315 e. The van der Waals surface area contributed by atoms with Crippen molar-refractivity contribution in [2.75, 3.05) is 6.54 Å². The second-order valence-corrected chi connectivity index (χ2v) is 4.31. The minimum atomic E-state index is -0.908. The van der Waals surface area contributed by atoms with Crippen molar-refractivity contribution in [1.82, 2.24) is 10.6 Å². The summed E-state index contributed by atoms with van der Waals surface area (Å²) in [6.45, 7) is 2.40. The van der Waals surface area contributed by atoms with Gasteiger partial charge in [-0.3, -0.25) is 4.79 Å². The molecule has 0 spiro atoms. The summed E-state index contributed by atoms with van der Waals surface area (Å²) < 4.78 is 5.14. The number of nitrogens with one attached hydrogen (secondary N) is 2. The van der Waals surface area contributed by atoms with E-state index in [0.29, 0.717) is 19.4 Å². The largest absolute Gasteiger partial charge is 0.481 e. The van der Waals surface area contributed by atoms with Crippen LogP contribution in [-0.4, -0.2) is 29.7 Å². The maximum atomic E-state index is 11.6. The maximum absolute atomic E-state index is 11.6. The first-order valence-electron chi connectivity index (χ1n) is 6.40. The van der Waals surface area contributed by atoms with Crippen molar-refractivity contribution in [3.8, 4) is 0 Å². The van der Waals surface area contributed by atoms with Crippen molar-refractivity contribution in [2.45, 2.75) is 38.6 Å². The molecule has 0 saturated heterocycles. The summed E-state index contributed by atoms with van der Waals surface area (Å²) in [6, 6.07) is 2.96. The number of carboxylic acids is 1. The lowest BCUT2D eigenvalue weighted by molar-refractivity contribution is -0.137. The molecular formula is C13H20N2O4. The van der Waals surface area contributed by atoms with Crippen LogP contribution in [0.3, 0.4) is 0 Å². The lowest BCUT2D eigenvalue weighted by Gasteiger charge is -2.16. The van der Waals surface area contributed by atoms with Crippen LogP contribution in [-0.2, 0) is 11.2 Å². The first-order chi connectivity index (χ1) is 9.11. The average molecular weight is 268 g/mol. The standard InChI is InChI=1S/C13H20N2O4/c1-2-4-10(9-12(16)17)15-13(18)14-7-6-11-5-3-8-19-11/h3,5,8,10H,2,4,6-7,9H2,1H3,(H,16,17)(H2,14,15,18). The molecule has 0 radical (unpaired) electrons. The number of carbonyl (C=O) groups excluding carboxylic acids is 1. The van der Waals surface area contributed by atoms with Crippen molar-refractivity contribution in [3.63, 3.8) is 0 Å². The Bertz CT molecular complexity index is 389. The highest BCUT2D eigenvalue weighted by atomic mass is 16.4. The molecule has 1 heterocycles. The molecule has 0 saturated carbocycles. The van der Waals surface area contributed by atoms with Crippen LogP contribution in [0.5, 0.6) is 0 Å². The number of carboxylic acid groups (broad SMARTS) is 1. The van der Waals surface area contributed by atoms with Crippen molar-refractivity contribution in [3.05, 3.63) is 24.2 Å². The van der Waals surface area contributed by atoms with E-state index in [1.54, 1.807) is 12.3 Å². The van der Waals surface area contributed by atoms with Gasteiger partial charge in [-0.2, -0.15) is 0 Å². The molecule has 0 bridgehead atoms. The number of rotatable bonds is 8. The number of aliphatic carboxylic acids is 1. The van der Waals surface area contributed by atoms with Crippen LogP contribution < -0.4 is 10.6 Å². The summed E-state index contributed by atoms with van der Waals surface area (Å²) in [4.78, 5) is 22.2. The van der Waals surface area contributed by atoms with Crippen molar-refractivity contribution in [2.24, 2.45) is 0 Å². The molecule has 1 rings (SSSR count). The quantitative estimate of drug-likeness (QED) is 0.670. The van der Waals surface area contributed by atoms with Crippen LogP contribution in [0.2, 0.25) is 0 Å². The van der Waals surface area contributed by atoms with E-state index < -0.39 is 5.97 Å². The number of furan rings is 1. The van der Waals surface area contributed by atoms with Crippen LogP contribution in [0.25, 0.3) is 0 Å². The Balaban J connectivity index is 2.25. The topological polar surface area (TPSA) is 91.6 Å². The van der Waals surface area contributed by atoms with Gasteiger partial charge in [0.25, 0.3) is 0 Å². The minimum Gasteiger partial charge on any atom is -0.481 e. The smallest absolute Gasteiger partial charge is 0.315 e. The molecule has 3 N–H and O–H groups in total. The number of carbonyl (C=O) groups is 2. The molecule has 1 aromatic rings. The fraction of sp³-hybridized carbons (Fsp3) is 0.538. The minimum absolute atomic E-state index is 0.0561. The molecule has 0 fully saturated rings. The number of urea groups is 1. The zero-order valence-corrected chi connectivity index (χ0v) is 11.0. The monoisotopic (exact) mass is 268 g/mol. The molecule has 6 heteroatoms. The third kappa shape index (κ3) is 6.49. The zero-order chi connectivity index (χ0) is 14.1. The Labute approximate surface area is 112 Å². The second kappa shape index (κ2) is 8.18. The predicted octanol–water partition coefficient (Wildman–Crippen LogP) is 1.76. The van der Waals surface area contributed by atoms with E-state index in [-0.39, 0.29) is 18.5 Å². The van der Waals surface area contributed by atoms with Crippen LogP contribution in [0.4, 0.5) is 4.79 Å². The van der Waals surface area contributed by atoms with Crippen molar-refractivity contribution >= 4 is 12.0 Å². The summed E-state index contributed by atoms with van der Waals surface area (Å²) in [5, 5.41) is 14.1. The van der Waals surface area contributed by atoms with E-state index in [1.165, 1.54) is 0 Å². The summed E-state index contributed by atoms with van der Waals surface area (Å²) in [5.74, 6) is -0.106. The lowest BCUT2D eigenvalue weighted by atomic mass is 10.1. The van der Waals surface area contributed by atoms with Crippen molar-refractivity contribution in [1.29, 1.82) is 0 Å². The zero-order valence-electron chi connectivity index (χ0n) is 11.0. The highest BCUT2D eigenvalue weighted by Crippen LogP contribution is 2.02. The third-order valence-corrected chi connectivity index (χ3v) is 2.63. The highest BCUT2D eigenvalue weighted by molar-refractivity contribution is 5.75. The van der Waals surface area contributed by atoms with Gasteiger partial charge in [0.1, 0.15) is 5.76 Å². The van der Waals surface area contributed by atoms with Gasteiger partial charge in [-0.25, -0.2) is 4.79 Å². The van der Waals surface area contributed by atoms with Crippen LogP contribution in [0, 0.1) is 0 Å². The highest BCUT2D eigenvalue weighted by Gasteiger charge is 2.14. The van der Waals surface area contributed by atoms with Gasteiger partial charge in [-0.1, -0.05) is 13.3 Å². The van der Waals surface area contributed by atoms with E-state index in [4.69, 9.17) is 9.52 Å². The molecule has 1 atom stereocenters. The van der Waals surface area contributed by atoms with Gasteiger partial charge in [0.15, 0.2) is 0 Å². The molecule has 2 amide bonds. The first kappa shape index (κ1) is 15.1. The summed E-state index contributed by atoms with van der Waals surface area (Å²) >= 11 is 0. The molecular weight excluding hydrogens is 248 g/mol. The Morgan fingerprint density at radius 3 is 2.84 bits per heavy atom. The molecule has 0 aliphatic heterocycles. The van der Waals surface area contributed by atoms with Gasteiger partial charge < -0.3 is 20.2 Å². The Morgan fingerprint density at radius 1 is 1.47 bits per heavy atom. The van der Waals surface area contributed by atoms with Crippen LogP contribution in [0.15, 0.2) is 22.8 Å². The summed E-state index contributed by atoms with van der Waals surface area (Å²) in [5.41, 5.74) is 0. The molecule has 6 nitrogen and oxygen atoms in total. The van der Waals surface area contributed by atoms with Gasteiger partial charge in [0, 0.05) is 19.0 Å². The molecule has 106 valence electrons. The second-order valence-electron chi connectivity index (χ2n) is 4.31. The van der Waals surface area contributed by atoms with Gasteiger partial charge in [0.2, 0.25) is 0 Å². The van der Waals surface area contributed by atoms with Gasteiger partial charge in [0.05, 0.1) is 12.7 Å². The van der Waals surface area contributed by atoms with Gasteiger partial charge in [-0.05, 0) is 18.6 Å². The Morgan fingerprint density at radius 2 is 2.26 bits per heavy atom. The molecule has 1 aromatic heterocycles. The first-order valence-corrected chi connectivity index (χ1v) is 6.40. The van der Waals surface area contributed by atoms with E-state index >= 15 is 0 Å². The average Bonchev–Trinajstić information content (AvgIpc) is 2.81. The molecule has 1 unspecified atom stereocenters. The normalized spacial score (nSPS) is 11.8. The number of amides is 2. The molecule has 0 aromatic carbocycles. The van der Waals surface area contributed by atoms with E-state index in [2.05, 4.69) is 10.6 Å². The summed E-state index contributed by atoms with van der Waals surface area (Å²) in [7, 11) is 0. The summed E-state index contributed by atoms with van der Waals surface area (Å²) in [6.07, 6.45) is 3.61. The molecule has 0 aliphatic rings.